The summed E-state index contributed by atoms with van der Waals surface area (Å²) in [5.41, 5.74) is 0. The van der Waals surface area contributed by atoms with Gasteiger partial charge in [0.25, 0.3) is 0 Å². The number of carbonyl (C=O) groups excluding carboxylic acids is 1. The molecule has 0 aliphatic carbocycles. The lowest BCUT2D eigenvalue weighted by Crippen LogP contribution is -2.52. The maximum absolute atomic E-state index is 11.7. The minimum Gasteiger partial charge on any atom is -0.432 e. The Bertz CT molecular complexity index is 450. The molecule has 2 unspecified atom stereocenters. The van der Waals surface area contributed by atoms with Crippen molar-refractivity contribution in [3.63, 3.8) is 0 Å². The van der Waals surface area contributed by atoms with Gasteiger partial charge in [-0.1, -0.05) is 70.4 Å². The first kappa shape index (κ1) is 29.1. The largest absolute Gasteiger partial charge is 0.432 e. The summed E-state index contributed by atoms with van der Waals surface area (Å²) in [6, 6.07) is 0. The van der Waals surface area contributed by atoms with Crippen LogP contribution in [0, 0.1) is 0 Å². The third-order valence-corrected chi connectivity index (χ3v) is 6.30. The summed E-state index contributed by atoms with van der Waals surface area (Å²) in [6.07, 6.45) is 17.7. The Hall–Kier alpha value is 0.140. The van der Waals surface area contributed by atoms with Gasteiger partial charge in [0.2, 0.25) is 11.2 Å². The maximum atomic E-state index is 11.7. The molecule has 0 aliphatic rings. The van der Waals surface area contributed by atoms with Crippen molar-refractivity contribution in [1.82, 2.24) is 0 Å². The molecule has 0 saturated heterocycles. The van der Waals surface area contributed by atoms with Crippen molar-refractivity contribution in [1.29, 1.82) is 0 Å². The Morgan fingerprint density at radius 3 is 1.79 bits per heavy atom. The predicted octanol–water partition coefficient (Wildman–Crippen LogP) is 5.01. The van der Waals surface area contributed by atoms with E-state index < -0.39 is 21.5 Å². The zero-order valence-electron chi connectivity index (χ0n) is 17.6. The monoisotopic (exact) mass is 468 g/mol. The third-order valence-electron chi connectivity index (χ3n) is 4.72. The summed E-state index contributed by atoms with van der Waals surface area (Å²) in [6.45, 7) is 2.24. The molecule has 172 valence electrons. The molecule has 0 bridgehead atoms. The van der Waals surface area contributed by atoms with Gasteiger partial charge in [-0.05, 0) is 32.1 Å². The first-order valence-corrected chi connectivity index (χ1v) is 12.1. The Kier molecular flexibility index (Phi) is 16.9. The number of thiol groups is 3. The number of unbranched alkanes of at least 4 members (excludes halogenated alkanes) is 11. The van der Waals surface area contributed by atoms with Crippen LogP contribution in [0.2, 0.25) is 0 Å². The lowest BCUT2D eigenvalue weighted by atomic mass is 10.1. The Morgan fingerprint density at radius 1 is 0.862 bits per heavy atom. The number of rotatable bonds is 18. The molecule has 0 aromatic rings. The van der Waals surface area contributed by atoms with Crippen molar-refractivity contribution in [3.8, 4) is 0 Å². The molecule has 2 atom stereocenters. The van der Waals surface area contributed by atoms with Crippen LogP contribution in [0.15, 0.2) is 12.2 Å². The molecule has 5 nitrogen and oxygen atoms in total. The molecule has 3 N–H and O–H groups in total. The first-order valence-electron chi connectivity index (χ1n) is 10.8. The minimum atomic E-state index is -2.50. The van der Waals surface area contributed by atoms with Crippen LogP contribution in [0.5, 0.6) is 0 Å². The van der Waals surface area contributed by atoms with E-state index in [0.29, 0.717) is 6.42 Å². The van der Waals surface area contributed by atoms with Gasteiger partial charge in [-0.15, -0.1) is 37.9 Å². The lowest BCUT2D eigenvalue weighted by Gasteiger charge is -2.35. The molecule has 8 heteroatoms. The fourth-order valence-corrected chi connectivity index (χ4v) is 3.04. The van der Waals surface area contributed by atoms with Gasteiger partial charge in [-0.3, -0.25) is 4.79 Å². The Morgan fingerprint density at radius 2 is 1.31 bits per heavy atom. The Labute approximate surface area is 192 Å². The molecule has 0 fully saturated rings. The SMILES string of the molecule is CCCCCCCC/C=C\CCCCCCCC(=O)OC(O)C(O)(S)C(O)(S)S. The number of carbonyl (C=O) groups is 1. The number of esters is 1. The summed E-state index contributed by atoms with van der Waals surface area (Å²) in [5, 5.41) is 29.0. The van der Waals surface area contributed by atoms with Crippen molar-refractivity contribution in [2.45, 2.75) is 112 Å². The molecule has 0 aromatic carbocycles. The van der Waals surface area contributed by atoms with E-state index in [0.717, 1.165) is 32.1 Å². The van der Waals surface area contributed by atoms with Gasteiger partial charge in [-0.25, -0.2) is 0 Å². The molecular weight excluding hydrogens is 428 g/mol. The van der Waals surface area contributed by atoms with Crippen molar-refractivity contribution in [3.05, 3.63) is 12.2 Å². The number of hydrogen-bond acceptors (Lipinski definition) is 8. The highest BCUT2D eigenvalue weighted by atomic mass is 32.2. The number of hydrogen-bond donors (Lipinski definition) is 6. The van der Waals surface area contributed by atoms with E-state index in [2.05, 4.69) is 61.7 Å². The minimum absolute atomic E-state index is 0.122. The van der Waals surface area contributed by atoms with Gasteiger partial charge in [0.1, 0.15) is 0 Å². The number of allylic oxidation sites excluding steroid dienone is 2. The highest BCUT2D eigenvalue weighted by Crippen LogP contribution is 2.36. The van der Waals surface area contributed by atoms with Crippen LogP contribution in [-0.2, 0) is 9.53 Å². The van der Waals surface area contributed by atoms with Crippen LogP contribution in [0.1, 0.15) is 96.8 Å². The fourth-order valence-electron chi connectivity index (χ4n) is 2.77. The molecule has 29 heavy (non-hydrogen) atoms. The van der Waals surface area contributed by atoms with Crippen LogP contribution >= 0.6 is 37.9 Å². The predicted molar refractivity (Wildman–Crippen MR) is 128 cm³/mol. The van der Waals surface area contributed by atoms with Crippen LogP contribution in [-0.4, -0.2) is 36.8 Å². The topological polar surface area (TPSA) is 87.0 Å². The van der Waals surface area contributed by atoms with E-state index >= 15 is 0 Å². The second-order valence-corrected chi connectivity index (χ2v) is 9.87. The normalized spacial score (nSPS) is 15.4. The summed E-state index contributed by atoms with van der Waals surface area (Å²) >= 11 is 10.9. The maximum Gasteiger partial charge on any atom is 0.308 e. The van der Waals surface area contributed by atoms with Crippen LogP contribution in [0.4, 0.5) is 0 Å². The third kappa shape index (κ3) is 14.7. The summed E-state index contributed by atoms with van der Waals surface area (Å²) in [7, 11) is 0. The van der Waals surface area contributed by atoms with Gasteiger partial charge < -0.3 is 20.1 Å². The molecular formula is C21H40O5S3. The molecule has 0 heterocycles. The van der Waals surface area contributed by atoms with Crippen molar-refractivity contribution >= 4 is 43.9 Å². The summed E-state index contributed by atoms with van der Waals surface area (Å²) in [5.74, 6) is -0.673. The zero-order chi connectivity index (χ0) is 22.2. The highest BCUT2D eigenvalue weighted by Gasteiger charge is 2.49. The van der Waals surface area contributed by atoms with Gasteiger partial charge in [0, 0.05) is 6.42 Å². The Balaban J connectivity index is 3.59. The number of aliphatic hydroxyl groups excluding tert-OH is 1. The van der Waals surface area contributed by atoms with Crippen LogP contribution < -0.4 is 0 Å². The molecule has 0 aromatic heterocycles. The molecule has 0 amide bonds. The van der Waals surface area contributed by atoms with Crippen LogP contribution in [0.25, 0.3) is 0 Å². The summed E-state index contributed by atoms with van der Waals surface area (Å²) in [4.78, 5) is 9.19. The second kappa shape index (κ2) is 16.8. The average Bonchev–Trinajstić information content (AvgIpc) is 2.63. The van der Waals surface area contributed by atoms with Crippen molar-refractivity contribution < 1.29 is 24.9 Å². The van der Waals surface area contributed by atoms with Gasteiger partial charge in [0.15, 0.2) is 4.27 Å². The van der Waals surface area contributed by atoms with Gasteiger partial charge in [0.05, 0.1) is 0 Å². The molecule has 0 rings (SSSR count). The molecule has 0 aliphatic heterocycles. The van der Waals surface area contributed by atoms with Crippen molar-refractivity contribution in [2.24, 2.45) is 0 Å². The quantitative estimate of drug-likeness (QED) is 0.0560. The lowest BCUT2D eigenvalue weighted by molar-refractivity contribution is -0.203. The van der Waals surface area contributed by atoms with E-state index in [1.807, 2.05) is 0 Å². The van der Waals surface area contributed by atoms with Gasteiger partial charge >= 0.3 is 5.97 Å². The van der Waals surface area contributed by atoms with E-state index in [-0.39, 0.29) is 6.42 Å². The zero-order valence-corrected chi connectivity index (χ0v) is 20.3. The van der Waals surface area contributed by atoms with Crippen LogP contribution in [0.3, 0.4) is 0 Å². The standard InChI is InChI=1S/C21H40O5S3/c1-2-3-4-5-6-7-8-9-10-11-12-13-14-15-16-17-18(22)26-19(23)20(24,27)21(25,28)29/h9-10,19,23-25,27-29H,2-8,11-17H2,1H3/b10-9-. The second-order valence-electron chi connectivity index (χ2n) is 7.54. The molecule has 0 saturated carbocycles. The van der Waals surface area contributed by atoms with E-state index in [4.69, 9.17) is 0 Å². The fraction of sp³-hybridized carbons (Fsp3) is 0.857. The van der Waals surface area contributed by atoms with E-state index in [9.17, 15) is 20.1 Å². The average molecular weight is 469 g/mol. The first-order chi connectivity index (χ1) is 13.6. The number of ether oxygens (including phenoxy) is 1. The van der Waals surface area contributed by atoms with E-state index in [1.165, 1.54) is 44.9 Å². The summed E-state index contributed by atoms with van der Waals surface area (Å²) < 4.78 is 2.35. The molecule has 0 radical (unpaired) electrons. The van der Waals surface area contributed by atoms with Crippen molar-refractivity contribution in [2.75, 3.05) is 0 Å². The van der Waals surface area contributed by atoms with Gasteiger partial charge in [-0.2, -0.15) is 0 Å². The molecule has 0 spiro atoms. The smallest absolute Gasteiger partial charge is 0.308 e. The highest BCUT2D eigenvalue weighted by molar-refractivity contribution is 8.01. The number of aliphatic hydroxyl groups is 3. The van der Waals surface area contributed by atoms with E-state index in [1.54, 1.807) is 0 Å².